The van der Waals surface area contributed by atoms with Gasteiger partial charge >= 0.3 is 12.4 Å². The molecule has 2 unspecified atom stereocenters. The maximum atomic E-state index is 13.2. The molecule has 0 aliphatic heterocycles. The van der Waals surface area contributed by atoms with Crippen LogP contribution in [0.3, 0.4) is 0 Å². The Morgan fingerprint density at radius 3 is 2.33 bits per heavy atom. The highest BCUT2D eigenvalue weighted by molar-refractivity contribution is 5.92. The Morgan fingerprint density at radius 2 is 1.75 bits per heavy atom. The molecule has 2 atom stereocenters. The first-order valence-electron chi connectivity index (χ1n) is 7.23. The first-order chi connectivity index (χ1) is 11.0. The van der Waals surface area contributed by atoms with Crippen molar-refractivity contribution in [2.45, 2.75) is 38.0 Å². The third kappa shape index (κ3) is 4.39. The molecule has 1 fully saturated rings. The van der Waals surface area contributed by atoms with Crippen LogP contribution in [0.25, 0.3) is 0 Å². The van der Waals surface area contributed by atoms with E-state index in [1.165, 1.54) is 0 Å². The highest BCUT2D eigenvalue weighted by Crippen LogP contribution is 2.40. The number of rotatable bonds is 2. The Bertz CT molecular complexity index is 609. The average Bonchev–Trinajstić information content (AvgIpc) is 2.47. The van der Waals surface area contributed by atoms with E-state index < -0.39 is 47.9 Å². The molecule has 2 rings (SSSR count). The lowest BCUT2D eigenvalue weighted by atomic mass is 9.80. The lowest BCUT2D eigenvalue weighted by Gasteiger charge is -2.29. The first kappa shape index (κ1) is 18.5. The molecule has 0 bridgehead atoms. The van der Waals surface area contributed by atoms with Crippen LogP contribution in [0.5, 0.6) is 0 Å². The highest BCUT2D eigenvalue weighted by Gasteiger charge is 2.43. The summed E-state index contributed by atoms with van der Waals surface area (Å²) in [5.41, 5.74) is -1.85. The van der Waals surface area contributed by atoms with Gasteiger partial charge in [0.2, 0.25) is 5.91 Å². The smallest absolute Gasteiger partial charge is 0.326 e. The fraction of sp³-hybridized carbons (Fsp3) is 0.533. The molecule has 0 saturated heterocycles. The largest absolute Gasteiger partial charge is 0.419 e. The summed E-state index contributed by atoms with van der Waals surface area (Å²) in [7, 11) is 0. The zero-order valence-electron chi connectivity index (χ0n) is 12.3. The van der Waals surface area contributed by atoms with Crippen molar-refractivity contribution in [2.24, 2.45) is 11.8 Å². The standard InChI is InChI=1S/C15H14F7NO/c16-12-5-4-10(7-11(12)15(20,21)22)23-13(24)8-2-1-3-9(6-8)14(17,18)19/h4-5,7-9H,1-3,6H2,(H,23,24). The van der Waals surface area contributed by atoms with Gasteiger partial charge in [0.25, 0.3) is 0 Å². The molecule has 0 spiro atoms. The molecule has 1 aliphatic rings. The van der Waals surface area contributed by atoms with E-state index in [2.05, 4.69) is 5.32 Å². The topological polar surface area (TPSA) is 29.1 Å². The van der Waals surface area contributed by atoms with Crippen LogP contribution in [0.1, 0.15) is 31.2 Å². The number of carbonyl (C=O) groups is 1. The molecule has 1 N–H and O–H groups in total. The van der Waals surface area contributed by atoms with Crippen molar-refractivity contribution in [2.75, 3.05) is 5.32 Å². The van der Waals surface area contributed by atoms with Gasteiger partial charge in [-0.25, -0.2) is 4.39 Å². The van der Waals surface area contributed by atoms with Gasteiger partial charge in [0, 0.05) is 11.6 Å². The van der Waals surface area contributed by atoms with Crippen LogP contribution in [-0.4, -0.2) is 12.1 Å². The second-order valence-electron chi connectivity index (χ2n) is 5.78. The van der Waals surface area contributed by atoms with Crippen LogP contribution in [0.2, 0.25) is 0 Å². The molecule has 1 aliphatic carbocycles. The highest BCUT2D eigenvalue weighted by atomic mass is 19.4. The molecule has 134 valence electrons. The summed E-state index contributed by atoms with van der Waals surface area (Å²) in [5.74, 6) is -4.82. The summed E-state index contributed by atoms with van der Waals surface area (Å²) >= 11 is 0. The zero-order valence-corrected chi connectivity index (χ0v) is 12.3. The molecule has 0 radical (unpaired) electrons. The monoisotopic (exact) mass is 357 g/mol. The van der Waals surface area contributed by atoms with Crippen LogP contribution in [0, 0.1) is 17.7 Å². The summed E-state index contributed by atoms with van der Waals surface area (Å²) in [6.07, 6.45) is -9.37. The predicted octanol–water partition coefficient (Wildman–Crippen LogP) is 5.15. The number of anilines is 1. The molecule has 2 nitrogen and oxygen atoms in total. The van der Waals surface area contributed by atoms with Crippen molar-refractivity contribution >= 4 is 11.6 Å². The van der Waals surface area contributed by atoms with Crippen molar-refractivity contribution in [3.63, 3.8) is 0 Å². The number of benzene rings is 1. The Kier molecular flexibility index (Phi) is 5.10. The fourth-order valence-corrected chi connectivity index (χ4v) is 2.79. The maximum absolute atomic E-state index is 13.2. The normalized spacial score (nSPS) is 22.3. The SMILES string of the molecule is O=C(Nc1ccc(F)c(C(F)(F)F)c1)C1CCCC(C(F)(F)F)C1. The third-order valence-electron chi connectivity index (χ3n) is 4.05. The van der Waals surface area contributed by atoms with Gasteiger partial charge in [0.1, 0.15) is 5.82 Å². The van der Waals surface area contributed by atoms with Crippen molar-refractivity contribution in [1.82, 2.24) is 0 Å². The molecule has 1 aromatic rings. The summed E-state index contributed by atoms with van der Waals surface area (Å²) in [5, 5.41) is 2.15. The number of amides is 1. The van der Waals surface area contributed by atoms with Gasteiger partial charge in [-0.05, 0) is 37.5 Å². The molecule has 1 saturated carbocycles. The molecule has 24 heavy (non-hydrogen) atoms. The molecule has 1 amide bonds. The van der Waals surface area contributed by atoms with Gasteiger partial charge in [-0.2, -0.15) is 26.3 Å². The molecular weight excluding hydrogens is 343 g/mol. The van der Waals surface area contributed by atoms with E-state index in [1.807, 2.05) is 0 Å². The van der Waals surface area contributed by atoms with E-state index in [4.69, 9.17) is 0 Å². The third-order valence-corrected chi connectivity index (χ3v) is 4.05. The number of carbonyl (C=O) groups excluding carboxylic acids is 1. The van der Waals surface area contributed by atoms with Gasteiger partial charge in [-0.15, -0.1) is 0 Å². The Morgan fingerprint density at radius 1 is 1.08 bits per heavy atom. The predicted molar refractivity (Wildman–Crippen MR) is 71.5 cm³/mol. The molecule has 0 aromatic heterocycles. The van der Waals surface area contributed by atoms with Crippen molar-refractivity contribution in [3.8, 4) is 0 Å². The van der Waals surface area contributed by atoms with E-state index in [1.54, 1.807) is 0 Å². The lowest BCUT2D eigenvalue weighted by molar-refractivity contribution is -0.185. The number of hydrogen-bond donors (Lipinski definition) is 1. The quantitative estimate of drug-likeness (QED) is 0.729. The van der Waals surface area contributed by atoms with E-state index in [0.29, 0.717) is 12.1 Å². The molecule has 0 heterocycles. The van der Waals surface area contributed by atoms with E-state index in [9.17, 15) is 35.5 Å². The Labute approximate surface area is 133 Å². The first-order valence-corrected chi connectivity index (χ1v) is 7.23. The van der Waals surface area contributed by atoms with Crippen molar-refractivity contribution in [1.29, 1.82) is 0 Å². The van der Waals surface area contributed by atoms with Crippen LogP contribution >= 0.6 is 0 Å². The summed E-state index contributed by atoms with van der Waals surface area (Å²) in [4.78, 5) is 12.0. The Balaban J connectivity index is 2.10. The summed E-state index contributed by atoms with van der Waals surface area (Å²) in [6, 6.07) is 1.92. The fourth-order valence-electron chi connectivity index (χ4n) is 2.79. The summed E-state index contributed by atoms with van der Waals surface area (Å²) < 4.78 is 89.3. The van der Waals surface area contributed by atoms with E-state index in [-0.39, 0.29) is 24.9 Å². The Hall–Kier alpha value is -1.80. The van der Waals surface area contributed by atoms with Crippen LogP contribution < -0.4 is 5.32 Å². The van der Waals surface area contributed by atoms with Crippen molar-refractivity contribution < 1.29 is 35.5 Å². The van der Waals surface area contributed by atoms with Gasteiger partial charge in [0.15, 0.2) is 0 Å². The minimum absolute atomic E-state index is 0.0674. The van der Waals surface area contributed by atoms with Crippen LogP contribution in [0.4, 0.5) is 36.4 Å². The minimum atomic E-state index is -4.93. The van der Waals surface area contributed by atoms with Crippen LogP contribution in [-0.2, 0) is 11.0 Å². The average molecular weight is 357 g/mol. The number of hydrogen-bond acceptors (Lipinski definition) is 1. The van der Waals surface area contributed by atoms with Gasteiger partial charge in [0.05, 0.1) is 11.5 Å². The lowest BCUT2D eigenvalue weighted by Crippen LogP contribution is -2.34. The number of alkyl halides is 6. The number of nitrogens with one attached hydrogen (secondary N) is 1. The molecular formula is C15H14F7NO. The minimum Gasteiger partial charge on any atom is -0.326 e. The van der Waals surface area contributed by atoms with Crippen LogP contribution in [0.15, 0.2) is 18.2 Å². The maximum Gasteiger partial charge on any atom is 0.419 e. The van der Waals surface area contributed by atoms with Gasteiger partial charge in [-0.1, -0.05) is 6.42 Å². The van der Waals surface area contributed by atoms with Gasteiger partial charge in [-0.3, -0.25) is 4.79 Å². The second kappa shape index (κ2) is 6.60. The van der Waals surface area contributed by atoms with E-state index >= 15 is 0 Å². The van der Waals surface area contributed by atoms with Crippen molar-refractivity contribution in [3.05, 3.63) is 29.6 Å². The molecule has 9 heteroatoms. The molecule has 1 aromatic carbocycles. The van der Waals surface area contributed by atoms with E-state index in [0.717, 1.165) is 6.07 Å². The second-order valence-corrected chi connectivity index (χ2v) is 5.78. The zero-order chi connectivity index (χ0) is 18.1. The van der Waals surface area contributed by atoms with Gasteiger partial charge < -0.3 is 5.32 Å². The number of halogens is 7. The summed E-state index contributed by atoms with van der Waals surface area (Å²) in [6.45, 7) is 0.